The second-order valence-electron chi connectivity index (χ2n) is 9.27. The van der Waals surface area contributed by atoms with E-state index in [0.29, 0.717) is 71.9 Å². The van der Waals surface area contributed by atoms with Crippen molar-refractivity contribution in [2.24, 2.45) is 0 Å². The number of hydrogen-bond donors (Lipinski definition) is 0. The van der Waals surface area contributed by atoms with E-state index in [9.17, 15) is 19.8 Å². The van der Waals surface area contributed by atoms with Gasteiger partial charge in [-0.05, 0) is 59.7 Å². The van der Waals surface area contributed by atoms with Crippen molar-refractivity contribution >= 4 is 44.4 Å². The summed E-state index contributed by atoms with van der Waals surface area (Å²) in [6.07, 6.45) is 4.58. The largest absolute Gasteiger partial charge is 2.00 e. The van der Waals surface area contributed by atoms with Crippen LogP contribution in [0, 0.1) is 0 Å². The van der Waals surface area contributed by atoms with Crippen LogP contribution in [0.5, 0.6) is 11.5 Å². The number of carbonyl (C=O) groups excluding carboxylic acids is 2. The Kier molecular flexibility index (Phi) is 12.6. The van der Waals surface area contributed by atoms with E-state index >= 15 is 0 Å². The van der Waals surface area contributed by atoms with Crippen molar-refractivity contribution in [2.75, 3.05) is 13.1 Å². The van der Waals surface area contributed by atoms with Crippen LogP contribution in [0.1, 0.15) is 43.2 Å². The van der Waals surface area contributed by atoms with E-state index in [4.69, 9.17) is 0 Å². The van der Waals surface area contributed by atoms with Gasteiger partial charge in [0.15, 0.2) is 0 Å². The van der Waals surface area contributed by atoms with Gasteiger partial charge in [-0.3, -0.25) is 29.4 Å². The van der Waals surface area contributed by atoms with Gasteiger partial charge in [-0.1, -0.05) is 55.5 Å². The number of rotatable bonds is 13. The summed E-state index contributed by atoms with van der Waals surface area (Å²) < 4.78 is 1.31. The molecule has 0 aliphatic rings. The topological polar surface area (TPSA) is 113 Å². The zero-order chi connectivity index (χ0) is 28.5. The molecular formula is C30H26Br2CoN4O4. The van der Waals surface area contributed by atoms with Crippen LogP contribution < -0.4 is 10.2 Å². The van der Waals surface area contributed by atoms with Crippen molar-refractivity contribution in [1.82, 2.24) is 19.8 Å². The fraction of sp³-hybridized carbons (Fsp3) is 0.200. The van der Waals surface area contributed by atoms with Crippen LogP contribution in [0.15, 0.2) is 82.0 Å². The molecule has 0 aliphatic heterocycles. The first-order chi connectivity index (χ1) is 19.4. The number of halogens is 2. The van der Waals surface area contributed by atoms with E-state index in [1.807, 2.05) is 36.4 Å². The maximum Gasteiger partial charge on any atom is 2.00 e. The number of aromatic nitrogens is 2. The van der Waals surface area contributed by atoms with Crippen LogP contribution in [0.25, 0.3) is 0 Å². The van der Waals surface area contributed by atoms with Gasteiger partial charge in [-0.25, -0.2) is 0 Å². The molecule has 11 heteroatoms. The zero-order valence-corrected chi connectivity index (χ0v) is 26.0. The van der Waals surface area contributed by atoms with Gasteiger partial charge in [-0.15, -0.1) is 0 Å². The van der Waals surface area contributed by atoms with Crippen LogP contribution in [-0.4, -0.2) is 45.4 Å². The Morgan fingerprint density at radius 1 is 0.659 bits per heavy atom. The molecule has 0 saturated carbocycles. The van der Waals surface area contributed by atoms with Crippen LogP contribution >= 0.6 is 31.9 Å². The average molecular weight is 725 g/mol. The summed E-state index contributed by atoms with van der Waals surface area (Å²) in [4.78, 5) is 36.0. The van der Waals surface area contributed by atoms with Crippen LogP contribution in [0.4, 0.5) is 0 Å². The molecule has 2 aromatic carbocycles. The molecular weight excluding hydrogens is 699 g/mol. The van der Waals surface area contributed by atoms with Gasteiger partial charge >= 0.3 is 16.8 Å². The first-order valence-electron chi connectivity index (χ1n) is 12.5. The minimum Gasteiger partial charge on any atom is -0.872 e. The minimum atomic E-state index is -0.305. The van der Waals surface area contributed by atoms with Gasteiger partial charge in [0.25, 0.3) is 0 Å². The number of benzene rings is 2. The summed E-state index contributed by atoms with van der Waals surface area (Å²) >= 11 is 6.81. The molecule has 0 saturated heterocycles. The number of hydrogen-bond acceptors (Lipinski definition) is 8. The number of nitrogens with zero attached hydrogens (tertiary/aromatic N) is 4. The number of carbonyl (C=O) groups is 2. The summed E-state index contributed by atoms with van der Waals surface area (Å²) in [6.45, 7) is 2.58. The zero-order valence-electron chi connectivity index (χ0n) is 21.8. The molecule has 0 amide bonds. The molecule has 0 N–H and O–H groups in total. The van der Waals surface area contributed by atoms with Crippen LogP contribution in [-0.2, 0) is 43.0 Å². The predicted octanol–water partition coefficient (Wildman–Crippen LogP) is 4.48. The average Bonchev–Trinajstić information content (AvgIpc) is 2.96. The van der Waals surface area contributed by atoms with E-state index in [1.165, 1.54) is 12.1 Å². The monoisotopic (exact) mass is 723 g/mol. The molecule has 0 fully saturated rings. The Labute approximate surface area is 265 Å². The van der Waals surface area contributed by atoms with Crippen molar-refractivity contribution in [1.29, 1.82) is 0 Å². The smallest absolute Gasteiger partial charge is 0.872 e. The van der Waals surface area contributed by atoms with E-state index in [1.54, 1.807) is 24.5 Å². The van der Waals surface area contributed by atoms with Gasteiger partial charge < -0.3 is 10.2 Å². The van der Waals surface area contributed by atoms with Crippen molar-refractivity contribution < 1.29 is 36.6 Å². The number of pyridine rings is 2. The molecule has 41 heavy (non-hydrogen) atoms. The molecule has 2 aromatic heterocycles. The van der Waals surface area contributed by atoms with Crippen LogP contribution in [0.3, 0.4) is 0 Å². The normalized spacial score (nSPS) is 10.9. The van der Waals surface area contributed by atoms with Crippen LogP contribution in [0.2, 0.25) is 0 Å². The molecule has 4 aromatic rings. The van der Waals surface area contributed by atoms with Gasteiger partial charge in [0.05, 0.1) is 11.4 Å². The summed E-state index contributed by atoms with van der Waals surface area (Å²) in [5.74, 6) is -0.609. The molecule has 0 atom stereocenters. The quantitative estimate of drug-likeness (QED) is 0.186. The predicted molar refractivity (Wildman–Crippen MR) is 155 cm³/mol. The van der Waals surface area contributed by atoms with E-state index in [2.05, 4.69) is 51.6 Å². The molecule has 2 heterocycles. The molecule has 0 unspecified atom stereocenters. The first kappa shape index (κ1) is 32.6. The van der Waals surface area contributed by atoms with Crippen molar-refractivity contribution in [3.63, 3.8) is 0 Å². The fourth-order valence-corrected chi connectivity index (χ4v) is 5.44. The van der Waals surface area contributed by atoms with E-state index < -0.39 is 0 Å². The first-order valence-corrected chi connectivity index (χ1v) is 14.1. The molecule has 0 spiro atoms. The molecule has 0 aliphatic carbocycles. The minimum absolute atomic E-state index is 0. The molecule has 213 valence electrons. The summed E-state index contributed by atoms with van der Waals surface area (Å²) in [6, 6.07) is 17.8. The third-order valence-corrected chi connectivity index (χ3v) is 7.23. The summed E-state index contributed by atoms with van der Waals surface area (Å²) in [5.41, 5.74) is 2.86. The number of aldehydes is 2. The van der Waals surface area contributed by atoms with Crippen molar-refractivity contribution in [3.8, 4) is 11.5 Å². The van der Waals surface area contributed by atoms with Gasteiger partial charge in [0.1, 0.15) is 12.6 Å². The van der Waals surface area contributed by atoms with Gasteiger partial charge in [-0.2, -0.15) is 0 Å². The van der Waals surface area contributed by atoms with Crippen molar-refractivity contribution in [3.05, 3.63) is 116 Å². The summed E-state index contributed by atoms with van der Waals surface area (Å²) in [7, 11) is 0. The Morgan fingerprint density at radius 2 is 1.07 bits per heavy atom. The Morgan fingerprint density at radius 3 is 1.41 bits per heavy atom. The van der Waals surface area contributed by atoms with Gasteiger partial charge in [0.2, 0.25) is 0 Å². The third kappa shape index (κ3) is 9.28. The van der Waals surface area contributed by atoms with Crippen molar-refractivity contribution in [2.45, 2.75) is 26.2 Å². The fourth-order valence-electron chi connectivity index (χ4n) is 4.39. The molecule has 0 bridgehead atoms. The molecule has 4 rings (SSSR count). The maximum absolute atomic E-state index is 12.9. The van der Waals surface area contributed by atoms with E-state index in [0.717, 1.165) is 11.4 Å². The molecule has 8 nitrogen and oxygen atoms in total. The summed E-state index contributed by atoms with van der Waals surface area (Å²) in [5, 5.41) is 25.8. The Hall–Kier alpha value is -2.93. The standard InChI is InChI=1S/C30H28Br2N4O4.Co/c31-25-11-21(29(39)23(13-25)19-37)15-35(17-27-5-1-3-7-33-27)9-10-36(18-28-6-2-4-8-34-28)16-22-12-26(32)14-24(20-38)30(22)40;/h1-8,11-14,19-20,39-40H,9-10,15-18H2;/q;+2/p-2. The Balaban J connectivity index is 0.00000462. The molecule has 1 radical (unpaired) electrons. The third-order valence-electron chi connectivity index (χ3n) is 6.32. The maximum atomic E-state index is 12.9. The van der Waals surface area contributed by atoms with E-state index in [-0.39, 0.29) is 39.4 Å². The second-order valence-corrected chi connectivity index (χ2v) is 11.1. The van der Waals surface area contributed by atoms with Gasteiger partial charge in [0, 0.05) is 71.7 Å². The SMILES string of the molecule is O=Cc1cc(Br)cc(CN(CCN(Cc2ccccn2)Cc2cc(Br)cc(C=O)c2[O-])Cc2ccccn2)c1[O-].[Co+2]. The second kappa shape index (κ2) is 15.9. The Bertz CT molecular complexity index is 1350.